The Balaban J connectivity index is 2.89. The Morgan fingerprint density at radius 3 is 2.14 bits per heavy atom. The summed E-state index contributed by atoms with van der Waals surface area (Å²) in [6.45, 7) is 6.10. The highest BCUT2D eigenvalue weighted by Gasteiger charge is 2.33. The van der Waals surface area contributed by atoms with Gasteiger partial charge < -0.3 is 13.8 Å². The molecule has 1 aromatic rings. The van der Waals surface area contributed by atoms with Crippen molar-refractivity contribution in [1.82, 2.24) is 0 Å². The maximum Gasteiger partial charge on any atom is 0.331 e. The molecular weight excluding hydrogens is 303 g/mol. The molecule has 0 aliphatic rings. The van der Waals surface area contributed by atoms with E-state index in [-0.39, 0.29) is 32.0 Å². The van der Waals surface area contributed by atoms with Crippen LogP contribution in [0.1, 0.15) is 26.3 Å². The van der Waals surface area contributed by atoms with Crippen LogP contribution in [0.2, 0.25) is 0 Å². The van der Waals surface area contributed by atoms with Crippen molar-refractivity contribution in [3.63, 3.8) is 0 Å². The number of carbonyl (C=O) groups excluding carboxylic acids is 1. The van der Waals surface area contributed by atoms with Crippen molar-refractivity contribution in [2.45, 2.75) is 27.2 Å². The molecule has 0 aliphatic carbocycles. The standard InChI is InChI=1S/C16H25O5P/c1-4-19-16(17)15(12-14-10-8-7-9-11-14)13-22(18,20-5-2)21-6-3/h7-11,15H,4-6,12-13H2,1-3H3/t15-/m1/s1. The van der Waals surface area contributed by atoms with Crippen molar-refractivity contribution in [2.75, 3.05) is 26.0 Å². The zero-order chi connectivity index (χ0) is 16.4. The highest BCUT2D eigenvalue weighted by molar-refractivity contribution is 7.53. The fourth-order valence-electron chi connectivity index (χ4n) is 2.19. The lowest BCUT2D eigenvalue weighted by Gasteiger charge is -2.22. The van der Waals surface area contributed by atoms with Gasteiger partial charge in [0, 0.05) is 0 Å². The third-order valence-corrected chi connectivity index (χ3v) is 5.23. The lowest BCUT2D eigenvalue weighted by molar-refractivity contribution is -0.147. The minimum absolute atomic E-state index is 0.0302. The molecule has 0 bridgehead atoms. The molecule has 0 N–H and O–H groups in total. The number of rotatable bonds is 10. The quantitative estimate of drug-likeness (QED) is 0.484. The molecule has 0 aromatic heterocycles. The molecule has 0 saturated heterocycles. The number of benzene rings is 1. The molecule has 0 spiro atoms. The van der Waals surface area contributed by atoms with E-state index in [1.807, 2.05) is 30.3 Å². The van der Waals surface area contributed by atoms with Crippen molar-refractivity contribution in [3.8, 4) is 0 Å². The summed E-state index contributed by atoms with van der Waals surface area (Å²) in [5.41, 5.74) is 0.986. The Morgan fingerprint density at radius 1 is 1.05 bits per heavy atom. The van der Waals surface area contributed by atoms with Crippen LogP contribution < -0.4 is 0 Å². The Hall–Kier alpha value is -1.16. The van der Waals surface area contributed by atoms with Gasteiger partial charge in [-0.3, -0.25) is 9.36 Å². The van der Waals surface area contributed by atoms with Gasteiger partial charge in [0.2, 0.25) is 0 Å². The number of hydrogen-bond donors (Lipinski definition) is 0. The third kappa shape index (κ3) is 6.30. The van der Waals surface area contributed by atoms with E-state index in [1.54, 1.807) is 20.8 Å². The first-order valence-electron chi connectivity index (χ1n) is 7.63. The van der Waals surface area contributed by atoms with Gasteiger partial charge in [0.05, 0.1) is 31.9 Å². The molecule has 0 saturated carbocycles. The summed E-state index contributed by atoms with van der Waals surface area (Å²) in [6, 6.07) is 9.58. The van der Waals surface area contributed by atoms with Crippen LogP contribution in [0.4, 0.5) is 0 Å². The molecule has 0 amide bonds. The largest absolute Gasteiger partial charge is 0.466 e. The smallest absolute Gasteiger partial charge is 0.331 e. The predicted octanol–water partition coefficient (Wildman–Crippen LogP) is 3.67. The van der Waals surface area contributed by atoms with E-state index in [0.717, 1.165) is 5.56 Å². The highest BCUT2D eigenvalue weighted by atomic mass is 31.2. The average molecular weight is 328 g/mol. The summed E-state index contributed by atoms with van der Waals surface area (Å²) in [5, 5.41) is 0. The molecule has 124 valence electrons. The van der Waals surface area contributed by atoms with Crippen LogP contribution in [0.15, 0.2) is 30.3 Å². The van der Waals surface area contributed by atoms with Gasteiger partial charge >= 0.3 is 13.6 Å². The SMILES string of the molecule is CCOC(=O)[C@H](Cc1ccccc1)CP(=O)(OCC)OCC. The Labute approximate surface area is 132 Å². The van der Waals surface area contributed by atoms with Crippen molar-refractivity contribution < 1.29 is 23.1 Å². The topological polar surface area (TPSA) is 61.8 Å². The summed E-state index contributed by atoms with van der Waals surface area (Å²) in [4.78, 5) is 12.2. The van der Waals surface area contributed by atoms with Crippen LogP contribution in [0.5, 0.6) is 0 Å². The molecule has 0 fully saturated rings. The average Bonchev–Trinajstić information content (AvgIpc) is 2.48. The van der Waals surface area contributed by atoms with Gasteiger partial charge in [0.15, 0.2) is 0 Å². The molecule has 22 heavy (non-hydrogen) atoms. The second-order valence-corrected chi connectivity index (χ2v) is 6.87. The molecule has 0 aliphatic heterocycles. The molecular formula is C16H25O5P. The summed E-state index contributed by atoms with van der Waals surface area (Å²) in [5.74, 6) is -0.919. The number of hydrogen-bond acceptors (Lipinski definition) is 5. The molecule has 1 atom stereocenters. The summed E-state index contributed by atoms with van der Waals surface area (Å²) in [6.07, 6.45) is 0.478. The van der Waals surface area contributed by atoms with Gasteiger partial charge in [-0.25, -0.2) is 0 Å². The highest BCUT2D eigenvalue weighted by Crippen LogP contribution is 2.50. The van der Waals surface area contributed by atoms with E-state index in [0.29, 0.717) is 6.42 Å². The fraction of sp³-hybridized carbons (Fsp3) is 0.562. The molecule has 5 nitrogen and oxygen atoms in total. The van der Waals surface area contributed by atoms with E-state index in [9.17, 15) is 9.36 Å². The predicted molar refractivity (Wildman–Crippen MR) is 86.0 cm³/mol. The first-order valence-corrected chi connectivity index (χ1v) is 9.36. The van der Waals surface area contributed by atoms with Gasteiger partial charge in [0.25, 0.3) is 0 Å². The molecule has 0 radical (unpaired) electrons. The van der Waals surface area contributed by atoms with Gasteiger partial charge in [0.1, 0.15) is 0 Å². The normalized spacial score (nSPS) is 12.9. The van der Waals surface area contributed by atoms with E-state index >= 15 is 0 Å². The first kappa shape index (κ1) is 18.9. The van der Waals surface area contributed by atoms with E-state index < -0.39 is 13.5 Å². The molecule has 1 rings (SSSR count). The van der Waals surface area contributed by atoms with Crippen LogP contribution in [-0.2, 0) is 29.6 Å². The van der Waals surface area contributed by atoms with Gasteiger partial charge in [-0.15, -0.1) is 0 Å². The lowest BCUT2D eigenvalue weighted by atomic mass is 10.0. The molecule has 1 aromatic carbocycles. The Bertz CT molecular complexity index is 479. The van der Waals surface area contributed by atoms with Gasteiger partial charge in [-0.1, -0.05) is 30.3 Å². The van der Waals surface area contributed by atoms with Crippen molar-refractivity contribution in [2.24, 2.45) is 5.92 Å². The van der Waals surface area contributed by atoms with Gasteiger partial charge in [-0.2, -0.15) is 0 Å². The molecule has 6 heteroatoms. The maximum atomic E-state index is 12.7. The summed E-state index contributed by atoms with van der Waals surface area (Å²) in [7, 11) is -3.29. The lowest BCUT2D eigenvalue weighted by Crippen LogP contribution is -2.24. The zero-order valence-electron chi connectivity index (χ0n) is 13.5. The van der Waals surface area contributed by atoms with Crippen molar-refractivity contribution >= 4 is 13.6 Å². The fourth-order valence-corrected chi connectivity index (χ4v) is 4.08. The monoisotopic (exact) mass is 328 g/mol. The maximum absolute atomic E-state index is 12.7. The summed E-state index contributed by atoms with van der Waals surface area (Å²) >= 11 is 0. The number of ether oxygens (including phenoxy) is 1. The number of carbonyl (C=O) groups is 1. The third-order valence-electron chi connectivity index (χ3n) is 3.04. The van der Waals surface area contributed by atoms with Crippen molar-refractivity contribution in [3.05, 3.63) is 35.9 Å². The van der Waals surface area contributed by atoms with E-state index in [4.69, 9.17) is 13.8 Å². The van der Waals surface area contributed by atoms with Crippen LogP contribution in [0, 0.1) is 5.92 Å². The molecule has 0 unspecified atom stereocenters. The van der Waals surface area contributed by atoms with Gasteiger partial charge in [-0.05, 0) is 32.8 Å². The van der Waals surface area contributed by atoms with Crippen LogP contribution in [0.3, 0.4) is 0 Å². The van der Waals surface area contributed by atoms with E-state index in [2.05, 4.69) is 0 Å². The molecule has 0 heterocycles. The van der Waals surface area contributed by atoms with Crippen LogP contribution in [-0.4, -0.2) is 32.0 Å². The minimum atomic E-state index is -3.29. The number of esters is 1. The Kier molecular flexibility index (Phi) is 8.39. The first-order chi connectivity index (χ1) is 10.5. The van der Waals surface area contributed by atoms with Crippen LogP contribution >= 0.6 is 7.60 Å². The van der Waals surface area contributed by atoms with E-state index in [1.165, 1.54) is 0 Å². The summed E-state index contributed by atoms with van der Waals surface area (Å²) < 4.78 is 28.4. The second-order valence-electron chi connectivity index (χ2n) is 4.77. The second kappa shape index (κ2) is 9.78. The Morgan fingerprint density at radius 2 is 1.64 bits per heavy atom. The van der Waals surface area contributed by atoms with Crippen molar-refractivity contribution in [1.29, 1.82) is 0 Å². The minimum Gasteiger partial charge on any atom is -0.466 e. The van der Waals surface area contributed by atoms with Crippen LogP contribution in [0.25, 0.3) is 0 Å². The zero-order valence-corrected chi connectivity index (χ0v) is 14.4.